The summed E-state index contributed by atoms with van der Waals surface area (Å²) in [6.45, 7) is 0. The van der Waals surface area contributed by atoms with Crippen molar-refractivity contribution in [2.24, 2.45) is 0 Å². The number of ketones is 2. The maximum atomic E-state index is 13.7. The molecule has 41 heavy (non-hydrogen) atoms. The van der Waals surface area contributed by atoms with E-state index in [4.69, 9.17) is 14.2 Å². The van der Waals surface area contributed by atoms with Crippen molar-refractivity contribution in [3.63, 3.8) is 0 Å². The minimum atomic E-state index is -0.991. The van der Waals surface area contributed by atoms with Crippen LogP contribution >= 0.6 is 0 Å². The van der Waals surface area contributed by atoms with Crippen molar-refractivity contribution in [1.82, 2.24) is 0 Å². The topological polar surface area (TPSA) is 163 Å². The first-order valence-corrected chi connectivity index (χ1v) is 12.4. The lowest BCUT2D eigenvalue weighted by molar-refractivity contribution is -0.112. The van der Waals surface area contributed by atoms with E-state index in [1.54, 1.807) is 12.1 Å². The van der Waals surface area contributed by atoms with Gasteiger partial charge in [0.15, 0.2) is 23.0 Å². The van der Waals surface area contributed by atoms with Crippen LogP contribution in [0.2, 0.25) is 0 Å². The molecule has 0 radical (unpaired) electrons. The van der Waals surface area contributed by atoms with Crippen molar-refractivity contribution in [3.8, 4) is 40.2 Å². The number of phenols is 4. The fourth-order valence-electron chi connectivity index (χ4n) is 5.22. The lowest BCUT2D eigenvalue weighted by Crippen LogP contribution is -2.28. The van der Waals surface area contributed by atoms with Gasteiger partial charge in [-0.25, -0.2) is 0 Å². The molecule has 0 amide bonds. The van der Waals surface area contributed by atoms with Crippen LogP contribution in [0.4, 0.5) is 0 Å². The summed E-state index contributed by atoms with van der Waals surface area (Å²) in [6.07, 6.45) is 0.0400. The summed E-state index contributed by atoms with van der Waals surface area (Å²) in [4.78, 5) is 27.2. The summed E-state index contributed by atoms with van der Waals surface area (Å²) in [5.41, 5.74) is 0.573. The summed E-state index contributed by atoms with van der Waals surface area (Å²) in [5, 5.41) is 53.3. The van der Waals surface area contributed by atoms with Gasteiger partial charge in [-0.3, -0.25) is 9.59 Å². The van der Waals surface area contributed by atoms with E-state index in [0.29, 0.717) is 11.1 Å². The molecule has 0 bridgehead atoms. The number of hydrogen-bond donors (Lipinski definition) is 5. The molecule has 1 aliphatic rings. The number of ether oxygens (including phenoxy) is 3. The molecular weight excluding hydrogens is 532 g/mol. The number of methoxy groups -OCH3 is 3. The second-order valence-electron chi connectivity index (χ2n) is 9.51. The van der Waals surface area contributed by atoms with E-state index in [-0.39, 0.29) is 74.1 Å². The number of aliphatic hydroxyl groups excluding tert-OH is 1. The quantitative estimate of drug-likeness (QED) is 0.200. The number of benzene rings is 4. The number of rotatable bonds is 7. The molecule has 4 aromatic rings. The number of aromatic hydroxyl groups is 4. The highest BCUT2D eigenvalue weighted by molar-refractivity contribution is 6.53. The fourth-order valence-corrected chi connectivity index (χ4v) is 5.22. The smallest absolute Gasteiger partial charge is 0.234 e. The van der Waals surface area contributed by atoms with Gasteiger partial charge >= 0.3 is 0 Å². The highest BCUT2D eigenvalue weighted by atomic mass is 16.5. The second-order valence-corrected chi connectivity index (χ2v) is 9.51. The van der Waals surface area contributed by atoms with Crippen molar-refractivity contribution in [3.05, 3.63) is 82.4 Å². The summed E-state index contributed by atoms with van der Waals surface area (Å²) in [7, 11) is 4.07. The van der Waals surface area contributed by atoms with Gasteiger partial charge in [-0.15, -0.1) is 0 Å². The standard InChI is InChI=1S/C31H26O10/c1-39-23-9-14(4-7-21(23)33)8-18(15-10-24(40-2)29(36)25(11-15)41-3)27-30(37)26-17-6-5-16(32)12-19(17)22(34)13-20(26)28(35)31(27)38/h4-7,9-13,18,32-34,36-37H,8H2,1-3H3/t18-/m0/s1. The van der Waals surface area contributed by atoms with Crippen LogP contribution in [-0.2, 0) is 11.2 Å². The molecule has 1 atom stereocenters. The molecule has 0 heterocycles. The average molecular weight is 559 g/mol. The Morgan fingerprint density at radius 1 is 0.683 bits per heavy atom. The van der Waals surface area contributed by atoms with Gasteiger partial charge in [0.05, 0.1) is 26.9 Å². The molecule has 5 rings (SSSR count). The third-order valence-electron chi connectivity index (χ3n) is 7.22. The summed E-state index contributed by atoms with van der Waals surface area (Å²) < 4.78 is 15.9. The monoisotopic (exact) mass is 558 g/mol. The molecule has 4 aromatic carbocycles. The highest BCUT2D eigenvalue weighted by Gasteiger charge is 2.39. The number of fused-ring (bicyclic) bond motifs is 3. The Morgan fingerprint density at radius 3 is 1.98 bits per heavy atom. The van der Waals surface area contributed by atoms with Crippen LogP contribution in [0.15, 0.2) is 60.2 Å². The molecular formula is C31H26O10. The molecule has 0 aliphatic heterocycles. The Hall–Kier alpha value is -5.38. The van der Waals surface area contributed by atoms with Gasteiger partial charge in [-0.1, -0.05) is 6.07 Å². The Bertz CT molecular complexity index is 1740. The van der Waals surface area contributed by atoms with Crippen molar-refractivity contribution >= 4 is 28.1 Å². The SMILES string of the molecule is COc1cc(C[C@H](C2=C(O)c3c(cc(O)c4cc(O)ccc34)C(=O)C2=O)c2cc(OC)c(O)c(OC)c2)ccc1O. The second kappa shape index (κ2) is 10.3. The van der Waals surface area contributed by atoms with Gasteiger partial charge in [0, 0.05) is 22.4 Å². The van der Waals surface area contributed by atoms with Gasteiger partial charge in [0.2, 0.25) is 17.3 Å². The summed E-state index contributed by atoms with van der Waals surface area (Å²) >= 11 is 0. The number of carbonyl (C=O) groups is 2. The lowest BCUT2D eigenvalue weighted by atomic mass is 9.76. The van der Waals surface area contributed by atoms with Crippen LogP contribution in [0.3, 0.4) is 0 Å². The molecule has 0 spiro atoms. The Balaban J connectivity index is 1.81. The normalized spacial score (nSPS) is 13.7. The molecule has 0 saturated carbocycles. The number of aliphatic hydroxyl groups is 1. The van der Waals surface area contributed by atoms with Crippen LogP contribution in [0, 0.1) is 0 Å². The minimum absolute atomic E-state index is 0.0309. The van der Waals surface area contributed by atoms with E-state index >= 15 is 0 Å². The molecule has 0 saturated heterocycles. The number of hydrogen-bond acceptors (Lipinski definition) is 10. The van der Waals surface area contributed by atoms with Crippen molar-refractivity contribution < 1.29 is 49.3 Å². The Labute approximate surface area is 233 Å². The molecule has 5 N–H and O–H groups in total. The van der Waals surface area contributed by atoms with E-state index in [1.807, 2.05) is 0 Å². The van der Waals surface area contributed by atoms with Crippen LogP contribution in [0.1, 0.15) is 33.0 Å². The van der Waals surface area contributed by atoms with Gasteiger partial charge < -0.3 is 39.7 Å². The molecule has 10 heteroatoms. The molecule has 1 aliphatic carbocycles. The molecule has 10 nitrogen and oxygen atoms in total. The highest BCUT2D eigenvalue weighted by Crippen LogP contribution is 2.46. The first kappa shape index (κ1) is 27.2. The van der Waals surface area contributed by atoms with Gasteiger partial charge in [-0.2, -0.15) is 0 Å². The average Bonchev–Trinajstić information content (AvgIpc) is 2.96. The van der Waals surface area contributed by atoms with E-state index in [0.717, 1.165) is 6.07 Å². The number of Topliss-reactive ketones (excluding diaryl/α,β-unsaturated/α-hetero) is 2. The maximum Gasteiger partial charge on any atom is 0.234 e. The first-order chi connectivity index (χ1) is 19.6. The third kappa shape index (κ3) is 4.49. The Kier molecular flexibility index (Phi) is 6.84. The first-order valence-electron chi connectivity index (χ1n) is 12.4. The van der Waals surface area contributed by atoms with Gasteiger partial charge in [-0.05, 0) is 71.5 Å². The zero-order chi connectivity index (χ0) is 29.6. The summed E-state index contributed by atoms with van der Waals surface area (Å²) in [5.74, 6) is -4.02. The molecule has 0 unspecified atom stereocenters. The zero-order valence-electron chi connectivity index (χ0n) is 22.3. The summed E-state index contributed by atoms with van der Waals surface area (Å²) in [6, 6.07) is 12.7. The van der Waals surface area contributed by atoms with Crippen molar-refractivity contribution in [2.75, 3.05) is 21.3 Å². The van der Waals surface area contributed by atoms with Crippen LogP contribution in [-0.4, -0.2) is 58.4 Å². The predicted molar refractivity (Wildman–Crippen MR) is 148 cm³/mol. The maximum absolute atomic E-state index is 13.7. The van der Waals surface area contributed by atoms with Crippen molar-refractivity contribution in [1.29, 1.82) is 0 Å². The van der Waals surface area contributed by atoms with Gasteiger partial charge in [0.25, 0.3) is 0 Å². The zero-order valence-corrected chi connectivity index (χ0v) is 22.3. The van der Waals surface area contributed by atoms with Crippen LogP contribution in [0.25, 0.3) is 16.5 Å². The number of carbonyl (C=O) groups excluding carboxylic acids is 2. The van der Waals surface area contributed by atoms with E-state index in [1.165, 1.54) is 57.7 Å². The number of allylic oxidation sites excluding steroid dienone is 1. The molecule has 210 valence electrons. The number of phenolic OH excluding ortho intramolecular Hbond substituents is 4. The largest absolute Gasteiger partial charge is 0.508 e. The predicted octanol–water partition coefficient (Wildman–Crippen LogP) is 4.75. The van der Waals surface area contributed by atoms with Crippen molar-refractivity contribution in [2.45, 2.75) is 12.3 Å². The lowest BCUT2D eigenvalue weighted by Gasteiger charge is -2.27. The van der Waals surface area contributed by atoms with Crippen LogP contribution in [0.5, 0.6) is 40.2 Å². The van der Waals surface area contributed by atoms with E-state index in [9.17, 15) is 35.1 Å². The van der Waals surface area contributed by atoms with Gasteiger partial charge in [0.1, 0.15) is 17.3 Å². The third-order valence-corrected chi connectivity index (χ3v) is 7.22. The minimum Gasteiger partial charge on any atom is -0.508 e. The van der Waals surface area contributed by atoms with E-state index < -0.39 is 23.2 Å². The fraction of sp³-hybridized carbons (Fsp3) is 0.161. The molecule has 0 aromatic heterocycles. The molecule has 0 fully saturated rings. The van der Waals surface area contributed by atoms with Crippen LogP contribution < -0.4 is 14.2 Å². The Morgan fingerprint density at radius 2 is 1.34 bits per heavy atom. The van der Waals surface area contributed by atoms with E-state index in [2.05, 4.69) is 0 Å².